The van der Waals surface area contributed by atoms with Crippen LogP contribution in [0.3, 0.4) is 0 Å². The first-order valence-corrected chi connectivity index (χ1v) is 8.39. The maximum Gasteiger partial charge on any atom is 0.128 e. The van der Waals surface area contributed by atoms with Gasteiger partial charge in [-0.05, 0) is 63.4 Å². The van der Waals surface area contributed by atoms with Gasteiger partial charge in [0.2, 0.25) is 0 Å². The summed E-state index contributed by atoms with van der Waals surface area (Å²) in [6.45, 7) is 4.07. The lowest BCUT2D eigenvalue weighted by Crippen LogP contribution is -2.42. The van der Waals surface area contributed by atoms with E-state index in [1.807, 2.05) is 12.1 Å². The molecule has 2 nitrogen and oxygen atoms in total. The van der Waals surface area contributed by atoms with Gasteiger partial charge in [0, 0.05) is 22.6 Å². The normalized spacial score (nSPS) is 21.3. The van der Waals surface area contributed by atoms with E-state index in [1.165, 1.54) is 32.2 Å². The fourth-order valence-electron chi connectivity index (χ4n) is 2.84. The van der Waals surface area contributed by atoms with Crippen LogP contribution in [0.5, 0.6) is 0 Å². The molecule has 4 heteroatoms. The molecule has 1 aromatic rings. The number of nitrogens with zero attached hydrogens (tertiary/aromatic N) is 1. The molecule has 2 fully saturated rings. The van der Waals surface area contributed by atoms with Gasteiger partial charge in [0.1, 0.15) is 5.82 Å². The van der Waals surface area contributed by atoms with E-state index in [9.17, 15) is 4.39 Å². The number of halogens is 2. The van der Waals surface area contributed by atoms with E-state index in [0.29, 0.717) is 6.04 Å². The summed E-state index contributed by atoms with van der Waals surface area (Å²) >= 11 is 3.30. The van der Waals surface area contributed by atoms with E-state index in [4.69, 9.17) is 0 Å². The van der Waals surface area contributed by atoms with Crippen molar-refractivity contribution in [3.63, 3.8) is 0 Å². The summed E-state index contributed by atoms with van der Waals surface area (Å²) in [7, 11) is 0. The van der Waals surface area contributed by atoms with Crippen LogP contribution in [0.1, 0.15) is 31.2 Å². The number of piperidine rings is 1. The van der Waals surface area contributed by atoms with Crippen LogP contribution in [0.15, 0.2) is 22.7 Å². The molecule has 3 rings (SSSR count). The van der Waals surface area contributed by atoms with Crippen molar-refractivity contribution in [2.45, 2.75) is 38.3 Å². The highest BCUT2D eigenvalue weighted by Crippen LogP contribution is 2.28. The van der Waals surface area contributed by atoms with Crippen molar-refractivity contribution in [2.24, 2.45) is 5.92 Å². The summed E-state index contributed by atoms with van der Waals surface area (Å²) in [5, 5.41) is 3.68. The minimum Gasteiger partial charge on any atom is -0.314 e. The molecule has 2 aliphatic rings. The van der Waals surface area contributed by atoms with Gasteiger partial charge in [-0.3, -0.25) is 4.90 Å². The van der Waals surface area contributed by atoms with Crippen LogP contribution < -0.4 is 5.32 Å². The summed E-state index contributed by atoms with van der Waals surface area (Å²) < 4.78 is 14.6. The molecule has 0 bridgehead atoms. The Kier molecular flexibility index (Phi) is 4.74. The molecule has 1 N–H and O–H groups in total. The minimum absolute atomic E-state index is 0.103. The summed E-state index contributed by atoms with van der Waals surface area (Å²) in [5.74, 6) is 0.846. The van der Waals surface area contributed by atoms with Gasteiger partial charge in [0.05, 0.1) is 0 Å². The monoisotopic (exact) mass is 340 g/mol. The summed E-state index contributed by atoms with van der Waals surface area (Å²) in [6.07, 6.45) is 5.19. The quantitative estimate of drug-likeness (QED) is 0.881. The summed E-state index contributed by atoms with van der Waals surface area (Å²) in [6, 6.07) is 6.03. The highest BCUT2D eigenvalue weighted by Gasteiger charge is 2.24. The number of benzene rings is 1. The Morgan fingerprint density at radius 1 is 1.20 bits per heavy atom. The second kappa shape index (κ2) is 6.54. The molecule has 110 valence electrons. The van der Waals surface area contributed by atoms with Crippen LogP contribution in [0.2, 0.25) is 0 Å². The molecule has 1 heterocycles. The molecule has 1 aliphatic heterocycles. The third-order valence-electron chi connectivity index (χ3n) is 4.39. The maximum atomic E-state index is 13.8. The summed E-state index contributed by atoms with van der Waals surface area (Å²) in [4.78, 5) is 2.36. The molecule has 1 saturated carbocycles. The number of rotatable bonds is 5. The Morgan fingerprint density at radius 3 is 2.60 bits per heavy atom. The Morgan fingerprint density at radius 2 is 1.95 bits per heavy atom. The molecule has 0 aromatic heterocycles. The van der Waals surface area contributed by atoms with Crippen LogP contribution in [-0.4, -0.2) is 30.6 Å². The Labute approximate surface area is 128 Å². The summed E-state index contributed by atoms with van der Waals surface area (Å²) in [5.41, 5.74) is 0.803. The Bertz CT molecular complexity index is 454. The largest absolute Gasteiger partial charge is 0.314 e. The van der Waals surface area contributed by atoms with Gasteiger partial charge in [0.25, 0.3) is 0 Å². The van der Waals surface area contributed by atoms with E-state index in [-0.39, 0.29) is 5.82 Å². The predicted octanol–water partition coefficient (Wildman–Crippen LogP) is 3.55. The molecular weight excluding hydrogens is 319 g/mol. The van der Waals surface area contributed by atoms with Crippen LogP contribution in [0.25, 0.3) is 0 Å². The van der Waals surface area contributed by atoms with Crippen molar-refractivity contribution in [1.29, 1.82) is 0 Å². The number of nitrogens with one attached hydrogen (secondary N) is 1. The van der Waals surface area contributed by atoms with Crippen molar-refractivity contribution < 1.29 is 4.39 Å². The lowest BCUT2D eigenvalue weighted by atomic mass is 10.0. The second-order valence-corrected chi connectivity index (χ2v) is 7.05. The Hall–Kier alpha value is -0.450. The van der Waals surface area contributed by atoms with Crippen molar-refractivity contribution in [3.8, 4) is 0 Å². The highest BCUT2D eigenvalue weighted by atomic mass is 79.9. The van der Waals surface area contributed by atoms with Crippen LogP contribution in [-0.2, 0) is 6.54 Å². The smallest absolute Gasteiger partial charge is 0.128 e. The molecule has 1 saturated heterocycles. The Balaban J connectivity index is 1.45. The molecule has 1 aromatic carbocycles. The van der Waals surface area contributed by atoms with Gasteiger partial charge in [-0.2, -0.15) is 0 Å². The van der Waals surface area contributed by atoms with E-state index in [0.717, 1.165) is 35.6 Å². The fourth-order valence-corrected chi connectivity index (χ4v) is 3.17. The van der Waals surface area contributed by atoms with E-state index >= 15 is 0 Å². The van der Waals surface area contributed by atoms with E-state index < -0.39 is 0 Å². The van der Waals surface area contributed by atoms with Gasteiger partial charge in [-0.1, -0.05) is 22.0 Å². The van der Waals surface area contributed by atoms with Gasteiger partial charge < -0.3 is 5.32 Å². The SMILES string of the molecule is Fc1cc(Br)ccc1CN1CCC(NCC2CC2)CC1. The van der Waals surface area contributed by atoms with Crippen LogP contribution in [0.4, 0.5) is 4.39 Å². The van der Waals surface area contributed by atoms with E-state index in [2.05, 4.69) is 26.1 Å². The first-order chi connectivity index (χ1) is 9.70. The second-order valence-electron chi connectivity index (χ2n) is 6.14. The fraction of sp³-hybridized carbons (Fsp3) is 0.625. The van der Waals surface area contributed by atoms with Gasteiger partial charge in [-0.15, -0.1) is 0 Å². The standard InChI is InChI=1S/C16H22BrFN2/c17-14-4-3-13(16(18)9-14)11-20-7-5-15(6-8-20)19-10-12-1-2-12/h3-4,9,12,15,19H,1-2,5-8,10-11H2. The minimum atomic E-state index is -0.103. The van der Waals surface area contributed by atoms with Crippen molar-refractivity contribution in [3.05, 3.63) is 34.1 Å². The molecule has 1 aliphatic carbocycles. The molecular formula is C16H22BrFN2. The third-order valence-corrected chi connectivity index (χ3v) is 4.88. The van der Waals surface area contributed by atoms with Crippen molar-refractivity contribution in [1.82, 2.24) is 10.2 Å². The number of hydrogen-bond donors (Lipinski definition) is 1. The lowest BCUT2D eigenvalue weighted by Gasteiger charge is -2.32. The topological polar surface area (TPSA) is 15.3 Å². The first-order valence-electron chi connectivity index (χ1n) is 7.60. The zero-order chi connectivity index (χ0) is 13.9. The number of hydrogen-bond acceptors (Lipinski definition) is 2. The van der Waals surface area contributed by atoms with Crippen LogP contribution in [0, 0.1) is 11.7 Å². The molecule has 0 spiro atoms. The highest BCUT2D eigenvalue weighted by molar-refractivity contribution is 9.10. The number of likely N-dealkylation sites (tertiary alicyclic amines) is 1. The van der Waals surface area contributed by atoms with Crippen LogP contribution >= 0.6 is 15.9 Å². The maximum absolute atomic E-state index is 13.8. The zero-order valence-electron chi connectivity index (χ0n) is 11.7. The van der Waals surface area contributed by atoms with Gasteiger partial charge >= 0.3 is 0 Å². The molecule has 20 heavy (non-hydrogen) atoms. The molecule has 0 radical (unpaired) electrons. The average Bonchev–Trinajstić information content (AvgIpc) is 3.25. The van der Waals surface area contributed by atoms with E-state index in [1.54, 1.807) is 6.07 Å². The average molecular weight is 341 g/mol. The van der Waals surface area contributed by atoms with Crippen molar-refractivity contribution >= 4 is 15.9 Å². The van der Waals surface area contributed by atoms with Crippen molar-refractivity contribution in [2.75, 3.05) is 19.6 Å². The van der Waals surface area contributed by atoms with Gasteiger partial charge in [-0.25, -0.2) is 4.39 Å². The van der Waals surface area contributed by atoms with Gasteiger partial charge in [0.15, 0.2) is 0 Å². The predicted molar refractivity (Wildman–Crippen MR) is 83.1 cm³/mol. The third kappa shape index (κ3) is 4.03. The molecule has 0 unspecified atom stereocenters. The molecule has 0 amide bonds. The lowest BCUT2D eigenvalue weighted by molar-refractivity contribution is 0.188. The first kappa shape index (κ1) is 14.5. The molecule has 0 atom stereocenters. The zero-order valence-corrected chi connectivity index (χ0v) is 13.3.